The average molecular weight is 226 g/mol. The predicted molar refractivity (Wildman–Crippen MR) is 58.3 cm³/mol. The molecule has 90 valence electrons. The molecule has 0 spiro atoms. The highest BCUT2D eigenvalue weighted by Crippen LogP contribution is 2.17. The lowest BCUT2D eigenvalue weighted by Gasteiger charge is -2.25. The van der Waals surface area contributed by atoms with Gasteiger partial charge in [0.2, 0.25) is 17.7 Å². The van der Waals surface area contributed by atoms with Gasteiger partial charge in [0.25, 0.3) is 0 Å². The number of nitrogens with zero attached hydrogens (tertiary/aromatic N) is 2. The Labute approximate surface area is 94.6 Å². The topological polar surface area (TPSA) is 94.0 Å². The van der Waals surface area contributed by atoms with Crippen LogP contribution in [0.15, 0.2) is 4.42 Å². The lowest BCUT2D eigenvalue weighted by molar-refractivity contribution is -0.124. The van der Waals surface area contributed by atoms with Crippen LogP contribution in [0.1, 0.15) is 32.6 Å². The van der Waals surface area contributed by atoms with E-state index in [2.05, 4.69) is 15.5 Å². The van der Waals surface area contributed by atoms with Gasteiger partial charge in [-0.25, -0.2) is 0 Å². The van der Waals surface area contributed by atoms with E-state index in [9.17, 15) is 4.79 Å². The maximum atomic E-state index is 11.6. The van der Waals surface area contributed by atoms with Crippen LogP contribution in [0, 0.1) is 12.3 Å². The van der Waals surface area contributed by atoms with E-state index < -0.39 is 6.04 Å². The van der Waals surface area contributed by atoms with Gasteiger partial charge in [0.15, 0.2) is 0 Å². The van der Waals surface area contributed by atoms with Crippen molar-refractivity contribution in [2.24, 2.45) is 11.1 Å². The van der Waals surface area contributed by atoms with Crippen LogP contribution in [-0.4, -0.2) is 22.1 Å². The van der Waals surface area contributed by atoms with Crippen molar-refractivity contribution in [3.8, 4) is 0 Å². The molecule has 1 heterocycles. The van der Waals surface area contributed by atoms with E-state index >= 15 is 0 Å². The molecule has 0 aromatic carbocycles. The molecule has 1 aromatic heterocycles. The Morgan fingerprint density at radius 1 is 1.50 bits per heavy atom. The highest BCUT2D eigenvalue weighted by Gasteiger charge is 2.27. The van der Waals surface area contributed by atoms with Gasteiger partial charge in [-0.05, 0) is 5.41 Å². The average Bonchev–Trinajstić information content (AvgIpc) is 2.58. The van der Waals surface area contributed by atoms with Gasteiger partial charge < -0.3 is 15.5 Å². The minimum atomic E-state index is -0.559. The predicted octanol–water partition coefficient (Wildman–Crippen LogP) is 0.368. The quantitative estimate of drug-likeness (QED) is 0.776. The fraction of sp³-hybridized carbons (Fsp3) is 0.700. The third-order valence-corrected chi connectivity index (χ3v) is 2.20. The fourth-order valence-electron chi connectivity index (χ4n) is 1.07. The first-order valence-electron chi connectivity index (χ1n) is 5.13. The summed E-state index contributed by atoms with van der Waals surface area (Å²) in [5, 5.41) is 10.1. The minimum absolute atomic E-state index is 0.212. The molecule has 0 radical (unpaired) electrons. The molecule has 0 aliphatic carbocycles. The van der Waals surface area contributed by atoms with Gasteiger partial charge in [-0.15, -0.1) is 10.2 Å². The van der Waals surface area contributed by atoms with Crippen molar-refractivity contribution in [2.45, 2.75) is 40.3 Å². The molecule has 0 saturated carbocycles. The summed E-state index contributed by atoms with van der Waals surface area (Å²) >= 11 is 0. The molecule has 3 N–H and O–H groups in total. The maximum Gasteiger partial charge on any atom is 0.237 e. The van der Waals surface area contributed by atoms with E-state index in [1.54, 1.807) is 6.92 Å². The number of rotatable bonds is 3. The van der Waals surface area contributed by atoms with Crippen molar-refractivity contribution in [1.29, 1.82) is 0 Å². The second kappa shape index (κ2) is 4.61. The van der Waals surface area contributed by atoms with Gasteiger partial charge in [-0.1, -0.05) is 20.8 Å². The largest absolute Gasteiger partial charge is 0.424 e. The van der Waals surface area contributed by atoms with Crippen LogP contribution in [0.2, 0.25) is 0 Å². The summed E-state index contributed by atoms with van der Waals surface area (Å²) in [7, 11) is 0. The summed E-state index contributed by atoms with van der Waals surface area (Å²) in [6.45, 7) is 7.64. The SMILES string of the molecule is Cc1nnc(CNC(=O)C(N)C(C)(C)C)o1. The van der Waals surface area contributed by atoms with Gasteiger partial charge in [-0.3, -0.25) is 4.79 Å². The molecule has 0 fully saturated rings. The number of aryl methyl sites for hydroxylation is 1. The lowest BCUT2D eigenvalue weighted by atomic mass is 9.87. The molecule has 0 saturated heterocycles. The van der Waals surface area contributed by atoms with Crippen LogP contribution < -0.4 is 11.1 Å². The fourth-order valence-corrected chi connectivity index (χ4v) is 1.07. The molecule has 1 unspecified atom stereocenters. The van der Waals surface area contributed by atoms with Crippen LogP contribution in [0.25, 0.3) is 0 Å². The molecular formula is C10H18N4O2. The normalized spacial score (nSPS) is 13.6. The maximum absolute atomic E-state index is 11.6. The van der Waals surface area contributed by atoms with E-state index in [1.807, 2.05) is 20.8 Å². The van der Waals surface area contributed by atoms with Crippen molar-refractivity contribution in [3.63, 3.8) is 0 Å². The van der Waals surface area contributed by atoms with E-state index in [0.29, 0.717) is 11.8 Å². The molecule has 0 aliphatic heterocycles. The van der Waals surface area contributed by atoms with E-state index in [4.69, 9.17) is 10.2 Å². The monoisotopic (exact) mass is 226 g/mol. The van der Waals surface area contributed by atoms with Crippen LogP contribution in [0.4, 0.5) is 0 Å². The first-order valence-corrected chi connectivity index (χ1v) is 5.13. The van der Waals surface area contributed by atoms with Gasteiger partial charge >= 0.3 is 0 Å². The van der Waals surface area contributed by atoms with E-state index in [-0.39, 0.29) is 17.9 Å². The Morgan fingerprint density at radius 3 is 2.56 bits per heavy atom. The summed E-state index contributed by atoms with van der Waals surface area (Å²) in [5.74, 6) is 0.639. The second-order valence-electron chi connectivity index (χ2n) is 4.78. The first kappa shape index (κ1) is 12.6. The van der Waals surface area contributed by atoms with Crippen molar-refractivity contribution in [1.82, 2.24) is 15.5 Å². The Balaban J connectivity index is 2.47. The van der Waals surface area contributed by atoms with Gasteiger partial charge in [-0.2, -0.15) is 0 Å². The summed E-state index contributed by atoms with van der Waals surface area (Å²) in [6.07, 6.45) is 0. The standard InChI is InChI=1S/C10H18N4O2/c1-6-13-14-7(16-6)5-12-9(15)8(11)10(2,3)4/h8H,5,11H2,1-4H3,(H,12,15). The Kier molecular flexibility index (Phi) is 3.64. The smallest absolute Gasteiger partial charge is 0.237 e. The molecule has 0 aliphatic rings. The van der Waals surface area contributed by atoms with Crippen molar-refractivity contribution < 1.29 is 9.21 Å². The van der Waals surface area contributed by atoms with Crippen LogP contribution in [0.3, 0.4) is 0 Å². The molecule has 16 heavy (non-hydrogen) atoms. The summed E-state index contributed by atoms with van der Waals surface area (Å²) < 4.78 is 5.12. The van der Waals surface area contributed by atoms with Gasteiger partial charge in [0, 0.05) is 6.92 Å². The zero-order chi connectivity index (χ0) is 12.3. The number of hydrogen-bond acceptors (Lipinski definition) is 5. The second-order valence-corrected chi connectivity index (χ2v) is 4.78. The number of amides is 1. The number of nitrogens with one attached hydrogen (secondary N) is 1. The molecule has 6 nitrogen and oxygen atoms in total. The molecular weight excluding hydrogens is 208 g/mol. The van der Waals surface area contributed by atoms with Gasteiger partial charge in [0.05, 0.1) is 12.6 Å². The number of carbonyl (C=O) groups is 1. The highest BCUT2D eigenvalue weighted by atomic mass is 16.4. The molecule has 1 rings (SSSR count). The molecule has 6 heteroatoms. The summed E-state index contributed by atoms with van der Waals surface area (Å²) in [6, 6.07) is -0.559. The molecule has 1 amide bonds. The zero-order valence-electron chi connectivity index (χ0n) is 10.1. The Bertz CT molecular complexity index is 367. The molecule has 1 atom stereocenters. The number of carbonyl (C=O) groups excluding carboxylic acids is 1. The van der Waals surface area contributed by atoms with E-state index in [0.717, 1.165) is 0 Å². The van der Waals surface area contributed by atoms with E-state index in [1.165, 1.54) is 0 Å². The first-order chi connectivity index (χ1) is 7.30. The van der Waals surface area contributed by atoms with Crippen molar-refractivity contribution in [3.05, 3.63) is 11.8 Å². The van der Waals surface area contributed by atoms with Crippen molar-refractivity contribution >= 4 is 5.91 Å². The molecule has 0 bridgehead atoms. The number of nitrogens with two attached hydrogens (primary N) is 1. The lowest BCUT2D eigenvalue weighted by Crippen LogP contribution is -2.48. The van der Waals surface area contributed by atoms with Crippen LogP contribution >= 0.6 is 0 Å². The third-order valence-electron chi connectivity index (χ3n) is 2.20. The number of hydrogen-bond donors (Lipinski definition) is 2. The van der Waals surface area contributed by atoms with Gasteiger partial charge in [0.1, 0.15) is 0 Å². The summed E-state index contributed by atoms with van der Waals surface area (Å²) in [5.41, 5.74) is 5.52. The zero-order valence-corrected chi connectivity index (χ0v) is 10.1. The third kappa shape index (κ3) is 3.30. The summed E-state index contributed by atoms with van der Waals surface area (Å²) in [4.78, 5) is 11.6. The highest BCUT2D eigenvalue weighted by molar-refractivity contribution is 5.82. The molecule has 1 aromatic rings. The van der Waals surface area contributed by atoms with Crippen molar-refractivity contribution in [2.75, 3.05) is 0 Å². The Hall–Kier alpha value is -1.43. The minimum Gasteiger partial charge on any atom is -0.424 e. The van der Waals surface area contributed by atoms with Crippen LogP contribution in [0.5, 0.6) is 0 Å². The number of aromatic nitrogens is 2. The Morgan fingerprint density at radius 2 is 2.12 bits per heavy atom. The van der Waals surface area contributed by atoms with Crippen LogP contribution in [-0.2, 0) is 11.3 Å².